The average molecular weight is 714 g/mol. The van der Waals surface area contributed by atoms with E-state index in [-0.39, 0.29) is 5.91 Å². The summed E-state index contributed by atoms with van der Waals surface area (Å²) < 4.78 is 5.35. The van der Waals surface area contributed by atoms with Crippen molar-refractivity contribution in [2.24, 2.45) is 0 Å². The van der Waals surface area contributed by atoms with E-state index in [1.165, 1.54) is 76.7 Å². The SMILES string of the molecule is CC(C)=CCC/C(C)=C/CC/C(C)=C/CC/C(C)=C\CC/C(C)=C\CC/C(C)=C\CC/C(C)=C\CC/C(C)=C\CC/C(C)=C\C(=O)N1CCOCC1. The number of carbonyl (C=O) groups excluding carboxylic acids is 1. The maximum absolute atomic E-state index is 12.4. The Hall–Kier alpha value is -2.91. The first-order valence-electron chi connectivity index (χ1n) is 20.6. The molecule has 292 valence electrons. The summed E-state index contributed by atoms with van der Waals surface area (Å²) >= 11 is 0. The van der Waals surface area contributed by atoms with Gasteiger partial charge in [0.2, 0.25) is 5.91 Å². The van der Waals surface area contributed by atoms with Gasteiger partial charge in [0.25, 0.3) is 0 Å². The van der Waals surface area contributed by atoms with Crippen LogP contribution in [-0.4, -0.2) is 37.1 Å². The van der Waals surface area contributed by atoms with Crippen LogP contribution in [0.15, 0.2) is 105 Å². The van der Waals surface area contributed by atoms with Gasteiger partial charge in [-0.1, -0.05) is 98.8 Å². The fourth-order valence-electron chi connectivity index (χ4n) is 6.28. The van der Waals surface area contributed by atoms with E-state index in [9.17, 15) is 4.79 Å². The summed E-state index contributed by atoms with van der Waals surface area (Å²) in [5.41, 5.74) is 13.1. The molecule has 0 atom stereocenters. The average Bonchev–Trinajstić information content (AvgIpc) is 3.08. The molecule has 1 saturated heterocycles. The van der Waals surface area contributed by atoms with Crippen molar-refractivity contribution in [2.45, 2.75) is 172 Å². The predicted octanol–water partition coefficient (Wildman–Crippen LogP) is 14.6. The van der Waals surface area contributed by atoms with Crippen LogP contribution in [0.4, 0.5) is 0 Å². The smallest absolute Gasteiger partial charge is 0.246 e. The molecule has 0 radical (unpaired) electrons. The first kappa shape index (κ1) is 47.1. The summed E-state index contributed by atoms with van der Waals surface area (Å²) in [4.78, 5) is 14.3. The van der Waals surface area contributed by atoms with Gasteiger partial charge in [-0.3, -0.25) is 4.79 Å². The molecule has 0 aromatic carbocycles. The molecule has 3 heteroatoms. The number of amides is 1. The normalized spacial score (nSPS) is 16.2. The molecular weight excluding hydrogens is 635 g/mol. The molecule has 0 unspecified atom stereocenters. The van der Waals surface area contributed by atoms with E-state index >= 15 is 0 Å². The van der Waals surface area contributed by atoms with E-state index in [2.05, 4.69) is 118 Å². The maximum Gasteiger partial charge on any atom is 0.246 e. The number of nitrogens with zero attached hydrogens (tertiary/aromatic N) is 1. The maximum atomic E-state index is 12.4. The molecule has 1 amide bonds. The van der Waals surface area contributed by atoms with Crippen molar-refractivity contribution >= 4 is 5.91 Å². The van der Waals surface area contributed by atoms with Crippen molar-refractivity contribution in [3.63, 3.8) is 0 Å². The van der Waals surface area contributed by atoms with Crippen molar-refractivity contribution in [1.82, 2.24) is 4.90 Å². The molecule has 1 rings (SSSR count). The quantitative estimate of drug-likeness (QED) is 0.0696. The van der Waals surface area contributed by atoms with Crippen LogP contribution < -0.4 is 0 Å². The Labute approximate surface area is 322 Å². The minimum Gasteiger partial charge on any atom is -0.378 e. The molecular formula is C49H79NO2. The fourth-order valence-corrected chi connectivity index (χ4v) is 6.28. The van der Waals surface area contributed by atoms with Crippen LogP contribution in [0, 0.1) is 0 Å². The van der Waals surface area contributed by atoms with Crippen molar-refractivity contribution in [2.75, 3.05) is 26.3 Å². The second-order valence-corrected chi connectivity index (χ2v) is 15.9. The molecule has 1 aliphatic rings. The Bertz CT molecular complexity index is 1310. The van der Waals surface area contributed by atoms with Gasteiger partial charge in [0.15, 0.2) is 0 Å². The van der Waals surface area contributed by atoms with Crippen molar-refractivity contribution in [1.29, 1.82) is 0 Å². The first-order valence-corrected chi connectivity index (χ1v) is 20.6. The Balaban J connectivity index is 2.22. The second-order valence-electron chi connectivity index (χ2n) is 15.9. The van der Waals surface area contributed by atoms with Crippen LogP contribution in [0.25, 0.3) is 0 Å². The molecule has 0 bridgehead atoms. The van der Waals surface area contributed by atoms with Gasteiger partial charge in [0.05, 0.1) is 13.2 Å². The van der Waals surface area contributed by atoms with Crippen molar-refractivity contribution in [3.8, 4) is 0 Å². The van der Waals surface area contributed by atoms with Crippen LogP contribution in [0.1, 0.15) is 172 Å². The Morgan fingerprint density at radius 2 is 0.654 bits per heavy atom. The van der Waals surface area contributed by atoms with Gasteiger partial charge in [0.1, 0.15) is 0 Å². The summed E-state index contributed by atoms with van der Waals surface area (Å²) in [7, 11) is 0. The molecule has 0 aromatic heterocycles. The monoisotopic (exact) mass is 714 g/mol. The lowest BCUT2D eigenvalue weighted by atomic mass is 10.0. The predicted molar refractivity (Wildman–Crippen MR) is 231 cm³/mol. The standard InChI is InChI=1S/C49H79NO2/c1-40(2)19-11-20-41(3)21-12-22-42(4)23-13-24-43(5)25-14-26-44(6)27-15-28-45(7)29-16-30-46(8)31-17-32-47(9)33-18-34-48(10)39-49(51)50-35-37-52-38-36-50/h19,21,23,25,27,29,31,33,39H,11-18,20,22,24,26,28,30,32,34-38H2,1-10H3/b41-21+,42-23+,43-25-,44-27-,45-29-,46-31-,47-33-,48-39-. The van der Waals surface area contributed by atoms with E-state index in [4.69, 9.17) is 4.74 Å². The molecule has 1 aliphatic heterocycles. The second kappa shape index (κ2) is 29.5. The van der Waals surface area contributed by atoms with E-state index in [0.29, 0.717) is 26.3 Å². The van der Waals surface area contributed by atoms with Gasteiger partial charge in [0, 0.05) is 19.2 Å². The molecule has 52 heavy (non-hydrogen) atoms. The van der Waals surface area contributed by atoms with E-state index < -0.39 is 0 Å². The van der Waals surface area contributed by atoms with E-state index in [1.807, 2.05) is 11.0 Å². The highest BCUT2D eigenvalue weighted by molar-refractivity contribution is 5.88. The van der Waals surface area contributed by atoms with Crippen LogP contribution >= 0.6 is 0 Å². The summed E-state index contributed by atoms with van der Waals surface area (Å²) in [5, 5.41) is 0. The summed E-state index contributed by atoms with van der Waals surface area (Å²) in [6.07, 6.45) is 39.2. The van der Waals surface area contributed by atoms with Gasteiger partial charge in [-0.25, -0.2) is 0 Å². The van der Waals surface area contributed by atoms with Gasteiger partial charge >= 0.3 is 0 Å². The van der Waals surface area contributed by atoms with Gasteiger partial charge in [-0.15, -0.1) is 0 Å². The van der Waals surface area contributed by atoms with Crippen LogP contribution in [0.2, 0.25) is 0 Å². The molecule has 1 heterocycles. The van der Waals surface area contributed by atoms with Crippen molar-refractivity contribution in [3.05, 3.63) is 105 Å². The number of morpholine rings is 1. The number of carbonyl (C=O) groups is 1. The highest BCUT2D eigenvalue weighted by atomic mass is 16.5. The third-order valence-electron chi connectivity index (χ3n) is 10.0. The molecule has 0 aliphatic carbocycles. The molecule has 0 saturated carbocycles. The van der Waals surface area contributed by atoms with E-state index in [1.54, 1.807) is 0 Å². The topological polar surface area (TPSA) is 29.5 Å². The van der Waals surface area contributed by atoms with Crippen molar-refractivity contribution < 1.29 is 9.53 Å². The fraction of sp³-hybridized carbons (Fsp3) is 0.612. The van der Waals surface area contributed by atoms with Crippen LogP contribution in [0.5, 0.6) is 0 Å². The minimum absolute atomic E-state index is 0.129. The highest BCUT2D eigenvalue weighted by Crippen LogP contribution is 2.18. The molecule has 0 spiro atoms. The number of hydrogen-bond donors (Lipinski definition) is 0. The van der Waals surface area contributed by atoms with Gasteiger partial charge in [-0.2, -0.15) is 0 Å². The minimum atomic E-state index is 0.129. The Morgan fingerprint density at radius 3 is 0.923 bits per heavy atom. The zero-order valence-electron chi connectivity index (χ0n) is 35.6. The lowest BCUT2D eigenvalue weighted by Crippen LogP contribution is -2.39. The van der Waals surface area contributed by atoms with Gasteiger partial charge in [-0.05, 0) is 172 Å². The Morgan fingerprint density at radius 1 is 0.404 bits per heavy atom. The molecule has 0 N–H and O–H groups in total. The third kappa shape index (κ3) is 26.8. The largest absolute Gasteiger partial charge is 0.378 e. The number of rotatable bonds is 25. The van der Waals surface area contributed by atoms with Crippen LogP contribution in [0.3, 0.4) is 0 Å². The third-order valence-corrected chi connectivity index (χ3v) is 10.0. The summed E-state index contributed by atoms with van der Waals surface area (Å²) in [6.45, 7) is 25.1. The number of allylic oxidation sites excluding steroid dienone is 17. The molecule has 0 aromatic rings. The summed E-state index contributed by atoms with van der Waals surface area (Å²) in [5.74, 6) is 0.129. The zero-order chi connectivity index (χ0) is 38.6. The summed E-state index contributed by atoms with van der Waals surface area (Å²) in [6, 6.07) is 0. The molecule has 1 fully saturated rings. The lowest BCUT2D eigenvalue weighted by Gasteiger charge is -2.25. The highest BCUT2D eigenvalue weighted by Gasteiger charge is 2.14. The first-order chi connectivity index (χ1) is 24.8. The van der Waals surface area contributed by atoms with E-state index in [0.717, 1.165) is 76.2 Å². The zero-order valence-corrected chi connectivity index (χ0v) is 35.6. The van der Waals surface area contributed by atoms with Crippen LogP contribution in [-0.2, 0) is 9.53 Å². The Kier molecular flexibility index (Phi) is 26.8. The van der Waals surface area contributed by atoms with Gasteiger partial charge < -0.3 is 9.64 Å². The molecule has 3 nitrogen and oxygen atoms in total. The number of ether oxygens (including phenoxy) is 1. The lowest BCUT2D eigenvalue weighted by molar-refractivity contribution is -0.130. The number of hydrogen-bond acceptors (Lipinski definition) is 2.